The zero-order valence-electron chi connectivity index (χ0n) is 9.17. The highest BCUT2D eigenvalue weighted by molar-refractivity contribution is 9.10. The van der Waals surface area contributed by atoms with Crippen molar-refractivity contribution >= 4 is 33.4 Å². The molecule has 88 valence electrons. The van der Waals surface area contributed by atoms with Gasteiger partial charge in [-0.3, -0.25) is 4.79 Å². The van der Waals surface area contributed by atoms with Gasteiger partial charge in [0.2, 0.25) is 5.91 Å². The molecule has 1 N–H and O–H groups in total. The van der Waals surface area contributed by atoms with Crippen LogP contribution in [-0.4, -0.2) is 17.3 Å². The fourth-order valence-corrected chi connectivity index (χ4v) is 1.69. The van der Waals surface area contributed by atoms with E-state index in [2.05, 4.69) is 21.2 Å². The Kier molecular flexibility index (Phi) is 5.85. The van der Waals surface area contributed by atoms with E-state index in [9.17, 15) is 4.79 Å². The molecule has 0 bridgehead atoms. The van der Waals surface area contributed by atoms with E-state index in [1.807, 2.05) is 31.2 Å². The lowest BCUT2D eigenvalue weighted by atomic mass is 10.1. The highest BCUT2D eigenvalue weighted by Crippen LogP contribution is 2.10. The summed E-state index contributed by atoms with van der Waals surface area (Å²) in [5.41, 5.74) is 1.13. The second kappa shape index (κ2) is 6.92. The maximum atomic E-state index is 11.4. The zero-order chi connectivity index (χ0) is 12.0. The first-order chi connectivity index (χ1) is 7.63. The minimum absolute atomic E-state index is 0.0459. The number of rotatable bonds is 5. The fraction of sp³-hybridized carbons (Fsp3) is 0.417. The van der Waals surface area contributed by atoms with Crippen LogP contribution >= 0.6 is 27.5 Å². The number of hydrogen-bond donors (Lipinski definition) is 1. The highest BCUT2D eigenvalue weighted by atomic mass is 79.9. The van der Waals surface area contributed by atoms with Crippen molar-refractivity contribution < 1.29 is 4.79 Å². The molecule has 0 saturated heterocycles. The third-order valence-electron chi connectivity index (χ3n) is 2.24. The number of alkyl halides is 1. The van der Waals surface area contributed by atoms with Crippen molar-refractivity contribution in [1.29, 1.82) is 0 Å². The minimum Gasteiger partial charge on any atom is -0.355 e. The Bertz CT molecular complexity index is 357. The molecular formula is C12H15BrClNO. The van der Waals surface area contributed by atoms with Crippen molar-refractivity contribution in [2.45, 2.75) is 24.6 Å². The summed E-state index contributed by atoms with van der Waals surface area (Å²) < 4.78 is 0. The molecule has 1 aromatic rings. The van der Waals surface area contributed by atoms with Crippen LogP contribution in [0.4, 0.5) is 0 Å². The molecule has 16 heavy (non-hydrogen) atoms. The highest BCUT2D eigenvalue weighted by Gasteiger charge is 2.10. The average Bonchev–Trinajstić information content (AvgIpc) is 2.28. The van der Waals surface area contributed by atoms with E-state index in [-0.39, 0.29) is 10.7 Å². The molecule has 2 nitrogen and oxygen atoms in total. The second-order valence-corrected chi connectivity index (χ2v) is 5.09. The van der Waals surface area contributed by atoms with E-state index in [0.29, 0.717) is 6.54 Å². The first-order valence-electron chi connectivity index (χ1n) is 5.29. The molecule has 0 aliphatic heterocycles. The summed E-state index contributed by atoms with van der Waals surface area (Å²) in [7, 11) is 0. The monoisotopic (exact) mass is 303 g/mol. The van der Waals surface area contributed by atoms with Gasteiger partial charge in [-0.2, -0.15) is 0 Å². The summed E-state index contributed by atoms with van der Waals surface area (Å²) in [6.45, 7) is 2.61. The first kappa shape index (κ1) is 13.5. The Balaban J connectivity index is 2.33. The van der Waals surface area contributed by atoms with Crippen LogP contribution in [0.25, 0.3) is 0 Å². The van der Waals surface area contributed by atoms with E-state index in [4.69, 9.17) is 11.6 Å². The number of hydrogen-bond acceptors (Lipinski definition) is 1. The molecule has 1 atom stereocenters. The zero-order valence-corrected chi connectivity index (χ0v) is 11.5. The minimum atomic E-state index is -0.0909. The summed E-state index contributed by atoms with van der Waals surface area (Å²) >= 11 is 9.17. The third-order valence-corrected chi connectivity index (χ3v) is 3.54. The molecule has 0 radical (unpaired) electrons. The van der Waals surface area contributed by atoms with Gasteiger partial charge in [0.05, 0.1) is 4.83 Å². The van der Waals surface area contributed by atoms with Gasteiger partial charge in [0.1, 0.15) is 0 Å². The quantitative estimate of drug-likeness (QED) is 0.832. The van der Waals surface area contributed by atoms with Crippen LogP contribution < -0.4 is 5.32 Å². The molecule has 1 rings (SSSR count). The van der Waals surface area contributed by atoms with Gasteiger partial charge in [-0.05, 0) is 30.5 Å². The summed E-state index contributed by atoms with van der Waals surface area (Å²) in [5.74, 6) is 0.0459. The number of nitrogens with one attached hydrogen (secondary N) is 1. The molecule has 4 heteroatoms. The van der Waals surface area contributed by atoms with Crippen LogP contribution in [-0.2, 0) is 11.2 Å². The molecule has 1 amide bonds. The lowest BCUT2D eigenvalue weighted by molar-refractivity contribution is -0.120. The van der Waals surface area contributed by atoms with Gasteiger partial charge in [-0.15, -0.1) is 0 Å². The third kappa shape index (κ3) is 4.54. The first-order valence-corrected chi connectivity index (χ1v) is 6.59. The van der Waals surface area contributed by atoms with E-state index >= 15 is 0 Å². The average molecular weight is 305 g/mol. The molecule has 0 spiro atoms. The SMILES string of the molecule is CCC(Br)C(=O)NCCc1cccc(Cl)c1. The van der Waals surface area contributed by atoms with Crippen LogP contribution in [0.1, 0.15) is 18.9 Å². The molecular weight excluding hydrogens is 289 g/mol. The summed E-state index contributed by atoms with van der Waals surface area (Å²) in [5, 5.41) is 3.60. The van der Waals surface area contributed by atoms with Gasteiger partial charge in [-0.1, -0.05) is 46.6 Å². The summed E-state index contributed by atoms with van der Waals surface area (Å²) in [4.78, 5) is 11.4. The van der Waals surface area contributed by atoms with Crippen molar-refractivity contribution in [2.75, 3.05) is 6.54 Å². The normalized spacial score (nSPS) is 12.2. The molecule has 0 heterocycles. The maximum absolute atomic E-state index is 11.4. The van der Waals surface area contributed by atoms with Gasteiger partial charge in [-0.25, -0.2) is 0 Å². The van der Waals surface area contributed by atoms with Gasteiger partial charge in [0.25, 0.3) is 0 Å². The number of benzene rings is 1. The van der Waals surface area contributed by atoms with Crippen molar-refractivity contribution in [2.24, 2.45) is 0 Å². The predicted molar refractivity (Wildman–Crippen MR) is 71.2 cm³/mol. The Morgan fingerprint density at radius 1 is 1.56 bits per heavy atom. The van der Waals surface area contributed by atoms with Crippen molar-refractivity contribution in [1.82, 2.24) is 5.32 Å². The smallest absolute Gasteiger partial charge is 0.233 e. The van der Waals surface area contributed by atoms with Crippen LogP contribution in [0.2, 0.25) is 5.02 Å². The van der Waals surface area contributed by atoms with Crippen molar-refractivity contribution in [3.05, 3.63) is 34.9 Å². The number of carbonyl (C=O) groups excluding carboxylic acids is 1. The summed E-state index contributed by atoms with van der Waals surface area (Å²) in [6.07, 6.45) is 1.60. The van der Waals surface area contributed by atoms with Gasteiger partial charge in [0, 0.05) is 11.6 Å². The maximum Gasteiger partial charge on any atom is 0.233 e. The Morgan fingerprint density at radius 3 is 2.94 bits per heavy atom. The topological polar surface area (TPSA) is 29.1 Å². The summed E-state index contributed by atoms with van der Waals surface area (Å²) in [6, 6.07) is 7.68. The van der Waals surface area contributed by atoms with Crippen LogP contribution in [0, 0.1) is 0 Å². The van der Waals surface area contributed by atoms with Gasteiger partial charge in [0.15, 0.2) is 0 Å². The van der Waals surface area contributed by atoms with Crippen LogP contribution in [0.15, 0.2) is 24.3 Å². The second-order valence-electron chi connectivity index (χ2n) is 3.55. The molecule has 0 fully saturated rings. The predicted octanol–water partition coefficient (Wildman–Crippen LogP) is 3.17. The van der Waals surface area contributed by atoms with E-state index in [0.717, 1.165) is 23.4 Å². The molecule has 0 saturated carbocycles. The Labute approximate surface area is 110 Å². The van der Waals surface area contributed by atoms with Crippen molar-refractivity contribution in [3.8, 4) is 0 Å². The van der Waals surface area contributed by atoms with Crippen molar-refractivity contribution in [3.63, 3.8) is 0 Å². The molecule has 1 unspecified atom stereocenters. The Morgan fingerprint density at radius 2 is 2.31 bits per heavy atom. The van der Waals surface area contributed by atoms with Gasteiger partial charge >= 0.3 is 0 Å². The number of amides is 1. The van der Waals surface area contributed by atoms with Gasteiger partial charge < -0.3 is 5.32 Å². The van der Waals surface area contributed by atoms with E-state index in [1.165, 1.54) is 0 Å². The molecule has 1 aromatic carbocycles. The van der Waals surface area contributed by atoms with Crippen LogP contribution in [0.5, 0.6) is 0 Å². The lowest BCUT2D eigenvalue weighted by Crippen LogP contribution is -2.32. The largest absolute Gasteiger partial charge is 0.355 e. The Hall–Kier alpha value is -0.540. The lowest BCUT2D eigenvalue weighted by Gasteiger charge is -2.08. The molecule has 0 aliphatic carbocycles. The number of carbonyl (C=O) groups is 1. The van der Waals surface area contributed by atoms with E-state index < -0.39 is 0 Å². The van der Waals surface area contributed by atoms with Crippen LogP contribution in [0.3, 0.4) is 0 Å². The standard InChI is InChI=1S/C12H15BrClNO/c1-2-11(13)12(16)15-7-6-9-4-3-5-10(14)8-9/h3-5,8,11H,2,6-7H2,1H3,(H,15,16). The molecule has 0 aliphatic rings. The fourth-order valence-electron chi connectivity index (χ4n) is 1.32. The number of halogens is 2. The molecule has 0 aromatic heterocycles. The van der Waals surface area contributed by atoms with E-state index in [1.54, 1.807) is 0 Å².